The smallest absolute Gasteiger partial charge is 0.317 e. The van der Waals surface area contributed by atoms with Crippen molar-refractivity contribution in [2.24, 2.45) is 0 Å². The van der Waals surface area contributed by atoms with Crippen LogP contribution in [-0.4, -0.2) is 55.1 Å². The van der Waals surface area contributed by atoms with Crippen LogP contribution in [0.5, 0.6) is 0 Å². The molecule has 0 saturated carbocycles. The molecule has 4 heteroatoms. The number of carbonyl (C=O) groups excluding carboxylic acids is 1. The van der Waals surface area contributed by atoms with E-state index in [1.807, 2.05) is 0 Å². The Hall–Kier alpha value is -0.770. The average Bonchev–Trinajstić information content (AvgIpc) is 2.62. The highest BCUT2D eigenvalue weighted by Crippen LogP contribution is 2.27. The molecule has 2 fully saturated rings. The number of rotatable bonds is 1. The standard InChI is InChI=1S/C11H21N3O/c1-13(2)11(15)12-9-6-8-14-7-4-3-5-10(9)14/h9-10H,3-8H2,1-2H3,(H,12,15). The van der Waals surface area contributed by atoms with Gasteiger partial charge in [0.05, 0.1) is 0 Å². The minimum atomic E-state index is 0.0485. The van der Waals surface area contributed by atoms with Crippen LogP contribution in [-0.2, 0) is 0 Å². The molecule has 2 atom stereocenters. The molecule has 2 rings (SSSR count). The minimum Gasteiger partial charge on any atom is -0.334 e. The summed E-state index contributed by atoms with van der Waals surface area (Å²) in [4.78, 5) is 15.7. The van der Waals surface area contributed by atoms with Crippen molar-refractivity contribution < 1.29 is 4.79 Å². The van der Waals surface area contributed by atoms with E-state index in [-0.39, 0.29) is 6.03 Å². The van der Waals surface area contributed by atoms with Crippen LogP contribution in [0.15, 0.2) is 0 Å². The van der Waals surface area contributed by atoms with E-state index in [1.165, 1.54) is 25.8 Å². The lowest BCUT2D eigenvalue weighted by Crippen LogP contribution is -2.49. The summed E-state index contributed by atoms with van der Waals surface area (Å²) < 4.78 is 0. The van der Waals surface area contributed by atoms with E-state index >= 15 is 0 Å². The van der Waals surface area contributed by atoms with Gasteiger partial charge in [0.1, 0.15) is 0 Å². The maximum atomic E-state index is 11.6. The lowest BCUT2D eigenvalue weighted by molar-refractivity contribution is 0.173. The highest BCUT2D eigenvalue weighted by atomic mass is 16.2. The first-order valence-corrected chi connectivity index (χ1v) is 5.90. The lowest BCUT2D eigenvalue weighted by Gasteiger charge is -2.32. The molecular weight excluding hydrogens is 190 g/mol. The Labute approximate surface area is 91.6 Å². The lowest BCUT2D eigenvalue weighted by atomic mass is 9.99. The first-order valence-electron chi connectivity index (χ1n) is 5.90. The summed E-state index contributed by atoms with van der Waals surface area (Å²) in [7, 11) is 3.59. The Morgan fingerprint density at radius 1 is 1.27 bits per heavy atom. The van der Waals surface area contributed by atoms with Crippen LogP contribution in [0.4, 0.5) is 4.79 Å². The largest absolute Gasteiger partial charge is 0.334 e. The molecule has 0 spiro atoms. The van der Waals surface area contributed by atoms with Gasteiger partial charge in [-0.1, -0.05) is 6.42 Å². The van der Waals surface area contributed by atoms with Gasteiger partial charge in [-0.2, -0.15) is 0 Å². The second kappa shape index (κ2) is 4.39. The third kappa shape index (κ3) is 2.25. The topological polar surface area (TPSA) is 35.6 Å². The number of fused-ring (bicyclic) bond motifs is 1. The van der Waals surface area contributed by atoms with Gasteiger partial charge in [-0.05, 0) is 25.8 Å². The van der Waals surface area contributed by atoms with Crippen molar-refractivity contribution in [3.8, 4) is 0 Å². The predicted molar refractivity (Wildman–Crippen MR) is 59.8 cm³/mol. The molecule has 2 unspecified atom stereocenters. The summed E-state index contributed by atoms with van der Waals surface area (Å²) in [6.07, 6.45) is 5.00. The number of piperidine rings is 1. The summed E-state index contributed by atoms with van der Waals surface area (Å²) >= 11 is 0. The summed E-state index contributed by atoms with van der Waals surface area (Å²) in [5.74, 6) is 0. The zero-order valence-electron chi connectivity index (χ0n) is 9.70. The van der Waals surface area contributed by atoms with Crippen LogP contribution < -0.4 is 5.32 Å². The van der Waals surface area contributed by atoms with Crippen molar-refractivity contribution in [2.75, 3.05) is 27.2 Å². The molecule has 15 heavy (non-hydrogen) atoms. The Bertz CT molecular complexity index is 242. The molecule has 2 amide bonds. The Kier molecular flexibility index (Phi) is 3.14. The monoisotopic (exact) mass is 211 g/mol. The third-order valence-electron chi connectivity index (χ3n) is 3.57. The number of hydrogen-bond donors (Lipinski definition) is 1. The predicted octanol–water partition coefficient (Wildman–Crippen LogP) is 0.884. The SMILES string of the molecule is CN(C)C(=O)NC1CCN2CCCCC12. The molecule has 1 N–H and O–H groups in total. The van der Waals surface area contributed by atoms with Crippen LogP contribution in [0.25, 0.3) is 0 Å². The van der Waals surface area contributed by atoms with Crippen molar-refractivity contribution in [1.29, 1.82) is 0 Å². The normalized spacial score (nSPS) is 31.1. The number of amides is 2. The van der Waals surface area contributed by atoms with Crippen LogP contribution in [0.1, 0.15) is 25.7 Å². The fraction of sp³-hybridized carbons (Fsp3) is 0.909. The second-order valence-corrected chi connectivity index (χ2v) is 4.84. The first kappa shape index (κ1) is 10.7. The maximum Gasteiger partial charge on any atom is 0.317 e. The molecule has 2 saturated heterocycles. The number of hydrogen-bond acceptors (Lipinski definition) is 2. The van der Waals surface area contributed by atoms with Gasteiger partial charge >= 0.3 is 6.03 Å². The average molecular weight is 211 g/mol. The first-order chi connectivity index (χ1) is 7.18. The Morgan fingerprint density at radius 2 is 2.07 bits per heavy atom. The van der Waals surface area contributed by atoms with Crippen molar-refractivity contribution in [3.63, 3.8) is 0 Å². The fourth-order valence-corrected chi connectivity index (χ4v) is 2.70. The molecular formula is C11H21N3O. The van der Waals surface area contributed by atoms with Gasteiger partial charge in [-0.15, -0.1) is 0 Å². The van der Waals surface area contributed by atoms with Crippen LogP contribution >= 0.6 is 0 Å². The van der Waals surface area contributed by atoms with Gasteiger partial charge in [0.25, 0.3) is 0 Å². The van der Waals surface area contributed by atoms with Crippen LogP contribution in [0.3, 0.4) is 0 Å². The second-order valence-electron chi connectivity index (χ2n) is 4.84. The number of urea groups is 1. The zero-order valence-corrected chi connectivity index (χ0v) is 9.70. The molecule has 2 heterocycles. The summed E-state index contributed by atoms with van der Waals surface area (Å²) in [5, 5.41) is 3.12. The number of carbonyl (C=O) groups is 1. The molecule has 86 valence electrons. The van der Waals surface area contributed by atoms with Gasteiger partial charge in [-0.3, -0.25) is 4.90 Å². The molecule has 0 aliphatic carbocycles. The van der Waals surface area contributed by atoms with Crippen molar-refractivity contribution in [3.05, 3.63) is 0 Å². The van der Waals surface area contributed by atoms with E-state index in [9.17, 15) is 4.79 Å². The molecule has 0 aromatic carbocycles. The van der Waals surface area contributed by atoms with E-state index < -0.39 is 0 Å². The van der Waals surface area contributed by atoms with Gasteiger partial charge in [0, 0.05) is 32.7 Å². The zero-order chi connectivity index (χ0) is 10.8. The summed E-state index contributed by atoms with van der Waals surface area (Å²) in [5.41, 5.74) is 0. The van der Waals surface area contributed by atoms with Gasteiger partial charge < -0.3 is 10.2 Å². The summed E-state index contributed by atoms with van der Waals surface area (Å²) in [6, 6.07) is 1.02. The highest BCUT2D eigenvalue weighted by Gasteiger charge is 2.36. The molecule has 0 aromatic rings. The van der Waals surface area contributed by atoms with E-state index in [4.69, 9.17) is 0 Å². The Balaban J connectivity index is 1.90. The number of nitrogens with zero attached hydrogens (tertiary/aromatic N) is 2. The number of nitrogens with one attached hydrogen (secondary N) is 1. The van der Waals surface area contributed by atoms with E-state index in [1.54, 1.807) is 19.0 Å². The third-order valence-corrected chi connectivity index (χ3v) is 3.57. The summed E-state index contributed by atoms with van der Waals surface area (Å²) in [6.45, 7) is 2.38. The maximum absolute atomic E-state index is 11.6. The molecule has 2 aliphatic heterocycles. The molecule has 2 aliphatic rings. The van der Waals surface area contributed by atoms with Crippen molar-refractivity contribution in [1.82, 2.24) is 15.1 Å². The van der Waals surface area contributed by atoms with Gasteiger partial charge in [-0.25, -0.2) is 4.79 Å². The van der Waals surface area contributed by atoms with Gasteiger partial charge in [0.15, 0.2) is 0 Å². The fourth-order valence-electron chi connectivity index (χ4n) is 2.70. The van der Waals surface area contributed by atoms with E-state index in [0.717, 1.165) is 13.0 Å². The highest BCUT2D eigenvalue weighted by molar-refractivity contribution is 5.74. The van der Waals surface area contributed by atoms with E-state index in [0.29, 0.717) is 12.1 Å². The van der Waals surface area contributed by atoms with Crippen molar-refractivity contribution >= 4 is 6.03 Å². The Morgan fingerprint density at radius 3 is 2.80 bits per heavy atom. The van der Waals surface area contributed by atoms with Crippen LogP contribution in [0, 0.1) is 0 Å². The molecule has 4 nitrogen and oxygen atoms in total. The van der Waals surface area contributed by atoms with Crippen molar-refractivity contribution in [2.45, 2.75) is 37.8 Å². The minimum absolute atomic E-state index is 0.0485. The molecule has 0 radical (unpaired) electrons. The molecule has 0 bridgehead atoms. The quantitative estimate of drug-likeness (QED) is 0.699. The van der Waals surface area contributed by atoms with Gasteiger partial charge in [0.2, 0.25) is 0 Å². The van der Waals surface area contributed by atoms with E-state index in [2.05, 4.69) is 10.2 Å². The van der Waals surface area contributed by atoms with Crippen LogP contribution in [0.2, 0.25) is 0 Å². The molecule has 0 aromatic heterocycles.